The number of aryl methyl sites for hydroxylation is 4. The number of carbonyl (C=O) groups excluding carboxylic acids is 1. The third-order valence-electron chi connectivity index (χ3n) is 5.46. The molecule has 0 spiro atoms. The van der Waals surface area contributed by atoms with Crippen LogP contribution in [0.2, 0.25) is 0 Å². The number of hydrogen-bond donors (Lipinski definition) is 0. The molecule has 4 rings (SSSR count). The van der Waals surface area contributed by atoms with E-state index in [2.05, 4.69) is 15.1 Å². The molecule has 148 valence electrons. The van der Waals surface area contributed by atoms with Gasteiger partial charge in [-0.05, 0) is 39.2 Å². The Morgan fingerprint density at radius 1 is 1.29 bits per heavy atom. The van der Waals surface area contributed by atoms with Crippen molar-refractivity contribution in [3.63, 3.8) is 0 Å². The predicted octanol–water partition coefficient (Wildman–Crippen LogP) is 2.56. The molecule has 1 fully saturated rings. The average molecular weight is 401 g/mol. The number of rotatable bonds is 4. The van der Waals surface area contributed by atoms with Crippen molar-refractivity contribution in [1.82, 2.24) is 24.6 Å². The Kier molecular flexibility index (Phi) is 5.01. The first-order chi connectivity index (χ1) is 13.4. The fraction of sp³-hybridized carbons (Fsp3) is 0.526. The molecule has 0 aliphatic carbocycles. The van der Waals surface area contributed by atoms with Gasteiger partial charge in [0.1, 0.15) is 4.83 Å². The molecule has 9 heteroatoms. The second-order valence-electron chi connectivity index (χ2n) is 7.29. The quantitative estimate of drug-likeness (QED) is 0.667. The first kappa shape index (κ1) is 18.8. The zero-order chi connectivity index (χ0) is 19.8. The molecule has 1 aliphatic heterocycles. The zero-order valence-electron chi connectivity index (χ0n) is 16.3. The van der Waals surface area contributed by atoms with Crippen molar-refractivity contribution in [2.45, 2.75) is 52.5 Å². The summed E-state index contributed by atoms with van der Waals surface area (Å²) in [5.74, 6) is 1.58. The fourth-order valence-electron chi connectivity index (χ4n) is 3.66. The van der Waals surface area contributed by atoms with Crippen molar-refractivity contribution < 1.29 is 9.32 Å². The molecular formula is C19H23N5O3S. The molecule has 28 heavy (non-hydrogen) atoms. The first-order valence-corrected chi connectivity index (χ1v) is 10.3. The van der Waals surface area contributed by atoms with Crippen LogP contribution in [0, 0.1) is 20.8 Å². The Balaban J connectivity index is 1.37. The lowest BCUT2D eigenvalue weighted by Gasteiger charge is -2.30. The summed E-state index contributed by atoms with van der Waals surface area (Å²) in [6, 6.07) is 0. The SMILES string of the molecule is Cc1noc(C2CCN(C(=O)CCn3cnc4sc(C)c(C)c4c3=O)CC2)n1. The Labute approximate surface area is 166 Å². The van der Waals surface area contributed by atoms with Crippen LogP contribution in [-0.2, 0) is 11.3 Å². The van der Waals surface area contributed by atoms with Gasteiger partial charge in [-0.25, -0.2) is 4.98 Å². The van der Waals surface area contributed by atoms with Gasteiger partial charge in [0, 0.05) is 36.9 Å². The summed E-state index contributed by atoms with van der Waals surface area (Å²) < 4.78 is 6.80. The molecule has 4 heterocycles. The van der Waals surface area contributed by atoms with Crippen LogP contribution in [0.4, 0.5) is 0 Å². The van der Waals surface area contributed by atoms with Gasteiger partial charge in [-0.3, -0.25) is 14.2 Å². The Bertz CT molecular complexity index is 1080. The van der Waals surface area contributed by atoms with E-state index >= 15 is 0 Å². The van der Waals surface area contributed by atoms with Gasteiger partial charge in [0.25, 0.3) is 5.56 Å². The van der Waals surface area contributed by atoms with Gasteiger partial charge in [0.05, 0.1) is 11.7 Å². The Morgan fingerprint density at radius 3 is 2.71 bits per heavy atom. The van der Waals surface area contributed by atoms with Crippen molar-refractivity contribution in [2.24, 2.45) is 0 Å². The van der Waals surface area contributed by atoms with Gasteiger partial charge in [-0.15, -0.1) is 11.3 Å². The maximum atomic E-state index is 12.7. The van der Waals surface area contributed by atoms with E-state index in [0.717, 1.165) is 28.1 Å². The summed E-state index contributed by atoms with van der Waals surface area (Å²) in [4.78, 5) is 37.8. The molecule has 1 amide bonds. The summed E-state index contributed by atoms with van der Waals surface area (Å²) in [6.45, 7) is 7.42. The highest BCUT2D eigenvalue weighted by Gasteiger charge is 2.27. The van der Waals surface area contributed by atoms with Crippen LogP contribution in [0.1, 0.15) is 47.3 Å². The van der Waals surface area contributed by atoms with Crippen LogP contribution in [0.25, 0.3) is 10.2 Å². The molecule has 0 radical (unpaired) electrons. The first-order valence-electron chi connectivity index (χ1n) is 9.47. The van der Waals surface area contributed by atoms with Crippen LogP contribution >= 0.6 is 11.3 Å². The highest BCUT2D eigenvalue weighted by atomic mass is 32.1. The summed E-state index contributed by atoms with van der Waals surface area (Å²) in [6.07, 6.45) is 3.47. The summed E-state index contributed by atoms with van der Waals surface area (Å²) in [7, 11) is 0. The maximum absolute atomic E-state index is 12.7. The van der Waals surface area contributed by atoms with Crippen molar-refractivity contribution in [3.05, 3.63) is 38.8 Å². The van der Waals surface area contributed by atoms with Crippen LogP contribution < -0.4 is 5.56 Å². The highest BCUT2D eigenvalue weighted by Crippen LogP contribution is 2.27. The average Bonchev–Trinajstić information content (AvgIpc) is 3.25. The van der Waals surface area contributed by atoms with Gasteiger partial charge in [-0.1, -0.05) is 5.16 Å². The van der Waals surface area contributed by atoms with E-state index in [-0.39, 0.29) is 17.4 Å². The maximum Gasteiger partial charge on any atom is 0.262 e. The van der Waals surface area contributed by atoms with E-state index < -0.39 is 0 Å². The molecule has 0 N–H and O–H groups in total. The van der Waals surface area contributed by atoms with E-state index in [0.29, 0.717) is 43.2 Å². The normalized spacial score (nSPS) is 15.5. The van der Waals surface area contributed by atoms with Crippen LogP contribution in [0.15, 0.2) is 15.6 Å². The second-order valence-corrected chi connectivity index (χ2v) is 8.49. The Morgan fingerprint density at radius 2 is 2.04 bits per heavy atom. The van der Waals surface area contributed by atoms with Gasteiger partial charge < -0.3 is 9.42 Å². The standard InChI is InChI=1S/C19H23N5O3S/c1-11-12(2)28-18-16(11)19(26)24(10-20-18)9-6-15(25)23-7-4-14(5-8-23)17-21-13(3)22-27-17/h10,14H,4-9H2,1-3H3. The predicted molar refractivity (Wildman–Crippen MR) is 106 cm³/mol. The smallest absolute Gasteiger partial charge is 0.262 e. The fourth-order valence-corrected chi connectivity index (χ4v) is 4.65. The van der Waals surface area contributed by atoms with Gasteiger partial charge >= 0.3 is 0 Å². The molecule has 8 nitrogen and oxygen atoms in total. The number of likely N-dealkylation sites (tertiary alicyclic amines) is 1. The lowest BCUT2D eigenvalue weighted by atomic mass is 9.96. The number of hydrogen-bond acceptors (Lipinski definition) is 7. The van der Waals surface area contributed by atoms with Gasteiger partial charge in [0.2, 0.25) is 11.8 Å². The number of piperidine rings is 1. The number of carbonyl (C=O) groups is 1. The van der Waals surface area contributed by atoms with E-state index in [9.17, 15) is 9.59 Å². The minimum absolute atomic E-state index is 0.0605. The molecule has 3 aromatic rings. The largest absolute Gasteiger partial charge is 0.343 e. The molecule has 0 unspecified atom stereocenters. The number of aromatic nitrogens is 4. The monoisotopic (exact) mass is 401 g/mol. The minimum Gasteiger partial charge on any atom is -0.343 e. The lowest BCUT2D eigenvalue weighted by molar-refractivity contribution is -0.132. The number of amides is 1. The Hall–Kier alpha value is -2.55. The number of nitrogens with zero attached hydrogens (tertiary/aromatic N) is 5. The van der Waals surface area contributed by atoms with Gasteiger partial charge in [0.15, 0.2) is 5.82 Å². The third kappa shape index (κ3) is 3.46. The zero-order valence-corrected chi connectivity index (χ0v) is 17.1. The third-order valence-corrected chi connectivity index (χ3v) is 6.58. The minimum atomic E-state index is -0.0647. The van der Waals surface area contributed by atoms with Crippen molar-refractivity contribution in [3.8, 4) is 0 Å². The molecule has 3 aromatic heterocycles. The lowest BCUT2D eigenvalue weighted by Crippen LogP contribution is -2.38. The van der Waals surface area contributed by atoms with E-state index in [1.54, 1.807) is 17.8 Å². The van der Waals surface area contributed by atoms with Crippen LogP contribution in [0.5, 0.6) is 0 Å². The topological polar surface area (TPSA) is 94.1 Å². The van der Waals surface area contributed by atoms with Crippen LogP contribution in [-0.4, -0.2) is 43.6 Å². The van der Waals surface area contributed by atoms with Crippen molar-refractivity contribution >= 4 is 27.5 Å². The molecular weight excluding hydrogens is 378 g/mol. The molecule has 0 saturated carbocycles. The summed E-state index contributed by atoms with van der Waals surface area (Å²) in [5.41, 5.74) is 0.918. The molecule has 1 saturated heterocycles. The summed E-state index contributed by atoms with van der Waals surface area (Å²) in [5, 5.41) is 4.52. The molecule has 0 atom stereocenters. The van der Waals surface area contributed by atoms with Crippen molar-refractivity contribution in [1.29, 1.82) is 0 Å². The molecule has 0 bridgehead atoms. The highest BCUT2D eigenvalue weighted by molar-refractivity contribution is 7.18. The number of thiophene rings is 1. The van der Waals surface area contributed by atoms with E-state index in [1.165, 1.54) is 11.3 Å². The number of fused-ring (bicyclic) bond motifs is 1. The molecule has 0 aromatic carbocycles. The van der Waals surface area contributed by atoms with E-state index in [1.807, 2.05) is 18.7 Å². The van der Waals surface area contributed by atoms with Gasteiger partial charge in [-0.2, -0.15) is 4.98 Å². The molecule has 1 aliphatic rings. The second kappa shape index (κ2) is 7.46. The van der Waals surface area contributed by atoms with Crippen LogP contribution in [0.3, 0.4) is 0 Å². The summed E-state index contributed by atoms with van der Waals surface area (Å²) >= 11 is 1.53. The van der Waals surface area contributed by atoms with E-state index in [4.69, 9.17) is 4.52 Å². The van der Waals surface area contributed by atoms with Crippen molar-refractivity contribution in [2.75, 3.05) is 13.1 Å².